The van der Waals surface area contributed by atoms with Gasteiger partial charge in [0.25, 0.3) is 0 Å². The number of fused-ring (bicyclic) bond motifs is 1. The van der Waals surface area contributed by atoms with E-state index < -0.39 is 10.0 Å². The molecule has 3 rings (SSSR count). The average Bonchev–Trinajstić information content (AvgIpc) is 2.97. The maximum atomic E-state index is 13.0. The van der Waals surface area contributed by atoms with E-state index in [0.29, 0.717) is 13.0 Å². The normalized spacial score (nSPS) is 18.5. The molecule has 0 saturated carbocycles. The molecule has 0 aliphatic carbocycles. The highest BCUT2D eigenvalue weighted by Crippen LogP contribution is 2.24. The van der Waals surface area contributed by atoms with E-state index in [1.807, 2.05) is 10.7 Å². The Morgan fingerprint density at radius 2 is 2.04 bits per heavy atom. The summed E-state index contributed by atoms with van der Waals surface area (Å²) in [5.74, 6) is -0.236. The molecule has 6 nitrogen and oxygen atoms in total. The van der Waals surface area contributed by atoms with Gasteiger partial charge in [-0.1, -0.05) is 12.1 Å². The molecule has 0 fully saturated rings. The number of halogens is 1. The highest BCUT2D eigenvalue weighted by Gasteiger charge is 2.25. The van der Waals surface area contributed by atoms with E-state index in [-0.39, 0.29) is 11.9 Å². The van der Waals surface area contributed by atoms with E-state index in [4.69, 9.17) is 0 Å². The van der Waals surface area contributed by atoms with Gasteiger partial charge in [0, 0.05) is 32.4 Å². The molecule has 0 bridgehead atoms. The molecule has 0 amide bonds. The molecule has 2 aromatic rings. The molecule has 1 aromatic heterocycles. The van der Waals surface area contributed by atoms with Crippen molar-refractivity contribution in [2.24, 2.45) is 0 Å². The van der Waals surface area contributed by atoms with Crippen LogP contribution in [0.2, 0.25) is 0 Å². The summed E-state index contributed by atoms with van der Waals surface area (Å²) < 4.78 is 40.0. The summed E-state index contributed by atoms with van der Waals surface area (Å²) in [6.45, 7) is 2.65. The monoisotopic (exact) mass is 352 g/mol. The van der Waals surface area contributed by atoms with Crippen LogP contribution in [0.4, 0.5) is 4.39 Å². The first kappa shape index (κ1) is 17.1. The van der Waals surface area contributed by atoms with Crippen molar-refractivity contribution >= 4 is 10.0 Å². The van der Waals surface area contributed by atoms with Crippen LogP contribution in [0.1, 0.15) is 23.7 Å². The van der Waals surface area contributed by atoms with Gasteiger partial charge in [0.05, 0.1) is 18.0 Å². The number of sulfonamides is 1. The molecule has 0 unspecified atom stereocenters. The molecule has 130 valence electrons. The molecule has 0 saturated heterocycles. The standard InChI is InChI=1S/C16H21FN4O2S/c1-24(22,23)19-9-7-16-12-20(11-15-6-8-18-21(15)16)10-13-2-4-14(17)5-3-13/h2-6,8,16,19H,7,9-12H2,1H3/t16-/m1/s1. The minimum absolute atomic E-state index is 0.110. The second-order valence-corrected chi connectivity index (χ2v) is 8.01. The van der Waals surface area contributed by atoms with E-state index in [1.165, 1.54) is 12.1 Å². The highest BCUT2D eigenvalue weighted by molar-refractivity contribution is 7.88. The zero-order valence-electron chi connectivity index (χ0n) is 13.5. The molecule has 0 radical (unpaired) electrons. The van der Waals surface area contributed by atoms with Crippen molar-refractivity contribution in [3.63, 3.8) is 0 Å². The summed E-state index contributed by atoms with van der Waals surface area (Å²) in [6, 6.07) is 8.61. The zero-order chi connectivity index (χ0) is 17.2. The summed E-state index contributed by atoms with van der Waals surface area (Å²) in [7, 11) is -3.18. The fourth-order valence-corrected chi connectivity index (χ4v) is 3.55. The topological polar surface area (TPSA) is 67.2 Å². The Bertz CT molecular complexity index is 789. The number of nitrogens with one attached hydrogen (secondary N) is 1. The van der Waals surface area contributed by atoms with Crippen molar-refractivity contribution in [2.75, 3.05) is 19.3 Å². The first-order valence-electron chi connectivity index (χ1n) is 7.84. The number of nitrogens with zero attached hydrogens (tertiary/aromatic N) is 3. The Morgan fingerprint density at radius 3 is 2.75 bits per heavy atom. The third kappa shape index (κ3) is 4.40. The lowest BCUT2D eigenvalue weighted by Gasteiger charge is -2.34. The van der Waals surface area contributed by atoms with Crippen LogP contribution in [0.3, 0.4) is 0 Å². The molecule has 1 aliphatic rings. The Kier molecular flexibility index (Phi) is 4.98. The van der Waals surface area contributed by atoms with E-state index in [0.717, 1.165) is 37.1 Å². The van der Waals surface area contributed by atoms with Crippen molar-refractivity contribution in [1.29, 1.82) is 0 Å². The van der Waals surface area contributed by atoms with Crippen LogP contribution in [-0.2, 0) is 23.1 Å². The third-order valence-electron chi connectivity index (χ3n) is 4.11. The molecule has 0 spiro atoms. The van der Waals surface area contributed by atoms with Crippen molar-refractivity contribution in [1.82, 2.24) is 19.4 Å². The number of hydrogen-bond acceptors (Lipinski definition) is 4. The van der Waals surface area contributed by atoms with Gasteiger partial charge in [-0.15, -0.1) is 0 Å². The molecule has 2 heterocycles. The molecule has 1 atom stereocenters. The van der Waals surface area contributed by atoms with Crippen molar-refractivity contribution in [3.05, 3.63) is 53.6 Å². The Balaban J connectivity index is 1.67. The minimum Gasteiger partial charge on any atom is -0.291 e. The zero-order valence-corrected chi connectivity index (χ0v) is 14.3. The van der Waals surface area contributed by atoms with Gasteiger partial charge in [0.2, 0.25) is 10.0 Å². The average molecular weight is 352 g/mol. The number of rotatable bonds is 6. The molecule has 1 aliphatic heterocycles. The Morgan fingerprint density at radius 1 is 1.29 bits per heavy atom. The molecule has 8 heteroatoms. The number of benzene rings is 1. The first-order chi connectivity index (χ1) is 11.4. The number of aromatic nitrogens is 2. The fraction of sp³-hybridized carbons (Fsp3) is 0.438. The number of hydrogen-bond donors (Lipinski definition) is 1. The van der Waals surface area contributed by atoms with Gasteiger partial charge >= 0.3 is 0 Å². The van der Waals surface area contributed by atoms with E-state index in [9.17, 15) is 12.8 Å². The lowest BCUT2D eigenvalue weighted by atomic mass is 10.1. The summed E-state index contributed by atoms with van der Waals surface area (Å²) in [6.07, 6.45) is 3.60. The Labute approximate surface area is 141 Å². The predicted octanol–water partition coefficient (Wildman–Crippen LogP) is 1.52. The first-order valence-corrected chi connectivity index (χ1v) is 9.74. The van der Waals surface area contributed by atoms with Crippen LogP contribution in [0.5, 0.6) is 0 Å². The second kappa shape index (κ2) is 7.00. The van der Waals surface area contributed by atoms with Gasteiger partial charge < -0.3 is 0 Å². The van der Waals surface area contributed by atoms with Crippen LogP contribution in [0, 0.1) is 5.82 Å². The smallest absolute Gasteiger partial charge is 0.208 e. The Hall–Kier alpha value is -1.77. The van der Waals surface area contributed by atoms with Gasteiger partial charge in [-0.25, -0.2) is 17.5 Å². The molecular formula is C16H21FN4O2S. The van der Waals surface area contributed by atoms with Gasteiger partial charge in [-0.3, -0.25) is 9.58 Å². The molecular weight excluding hydrogens is 331 g/mol. The molecule has 1 aromatic carbocycles. The summed E-state index contributed by atoms with van der Waals surface area (Å²) in [4.78, 5) is 2.27. The largest absolute Gasteiger partial charge is 0.291 e. The van der Waals surface area contributed by atoms with Crippen LogP contribution >= 0.6 is 0 Å². The fourth-order valence-electron chi connectivity index (χ4n) is 3.06. The van der Waals surface area contributed by atoms with Crippen LogP contribution in [0.25, 0.3) is 0 Å². The second-order valence-electron chi connectivity index (χ2n) is 6.17. The quantitative estimate of drug-likeness (QED) is 0.856. The van der Waals surface area contributed by atoms with Crippen molar-refractivity contribution in [2.45, 2.75) is 25.6 Å². The van der Waals surface area contributed by atoms with Gasteiger partial charge in [0.15, 0.2) is 0 Å². The summed E-state index contributed by atoms with van der Waals surface area (Å²) in [5.41, 5.74) is 2.16. The third-order valence-corrected chi connectivity index (χ3v) is 4.84. The lowest BCUT2D eigenvalue weighted by molar-refractivity contribution is 0.162. The predicted molar refractivity (Wildman–Crippen MR) is 89.2 cm³/mol. The maximum absolute atomic E-state index is 13.0. The minimum atomic E-state index is -3.18. The van der Waals surface area contributed by atoms with Gasteiger partial charge in [0.1, 0.15) is 5.82 Å². The molecule has 24 heavy (non-hydrogen) atoms. The van der Waals surface area contributed by atoms with Crippen molar-refractivity contribution in [3.8, 4) is 0 Å². The van der Waals surface area contributed by atoms with E-state index in [1.54, 1.807) is 18.3 Å². The van der Waals surface area contributed by atoms with E-state index >= 15 is 0 Å². The van der Waals surface area contributed by atoms with Gasteiger partial charge in [-0.05, 0) is 30.2 Å². The highest BCUT2D eigenvalue weighted by atomic mass is 32.2. The van der Waals surface area contributed by atoms with Crippen molar-refractivity contribution < 1.29 is 12.8 Å². The van der Waals surface area contributed by atoms with Gasteiger partial charge in [-0.2, -0.15) is 5.10 Å². The lowest BCUT2D eigenvalue weighted by Crippen LogP contribution is -2.38. The van der Waals surface area contributed by atoms with Crippen LogP contribution < -0.4 is 4.72 Å². The molecule has 1 N–H and O–H groups in total. The summed E-state index contributed by atoms with van der Waals surface area (Å²) >= 11 is 0. The SMILES string of the molecule is CS(=O)(=O)NCC[C@@H]1CN(Cc2ccc(F)cc2)Cc2ccnn21. The maximum Gasteiger partial charge on any atom is 0.208 e. The van der Waals surface area contributed by atoms with Crippen LogP contribution in [0.15, 0.2) is 36.5 Å². The van der Waals surface area contributed by atoms with E-state index in [2.05, 4.69) is 14.7 Å². The summed E-state index contributed by atoms with van der Waals surface area (Å²) in [5, 5.41) is 4.37. The van der Waals surface area contributed by atoms with Crippen LogP contribution in [-0.4, -0.2) is 42.4 Å².